The Kier molecular flexibility index (Phi) is 5.19. The minimum absolute atomic E-state index is 0.119. The first kappa shape index (κ1) is 16.5. The molecule has 2 rings (SSSR count). The second-order valence-corrected chi connectivity index (χ2v) is 5.90. The van der Waals surface area contributed by atoms with Crippen molar-refractivity contribution in [1.82, 2.24) is 14.7 Å². The maximum Gasteiger partial charge on any atom is 0.243 e. The smallest absolute Gasteiger partial charge is 0.243 e. The molecule has 5 heteroatoms. The van der Waals surface area contributed by atoms with Crippen molar-refractivity contribution < 1.29 is 4.79 Å². The van der Waals surface area contributed by atoms with Crippen LogP contribution in [0.4, 0.5) is 0 Å². The van der Waals surface area contributed by atoms with E-state index in [2.05, 4.69) is 29.0 Å². The Morgan fingerprint density at radius 3 is 2.59 bits per heavy atom. The third-order valence-electron chi connectivity index (χ3n) is 4.47. The molecular weight excluding hydrogens is 276 g/mol. The van der Waals surface area contributed by atoms with Gasteiger partial charge in [0.15, 0.2) is 0 Å². The van der Waals surface area contributed by atoms with Gasteiger partial charge in [-0.1, -0.05) is 31.2 Å². The van der Waals surface area contributed by atoms with Crippen molar-refractivity contribution in [3.05, 3.63) is 36.2 Å². The largest absolute Gasteiger partial charge is 0.357 e. The molecule has 0 aromatic heterocycles. The van der Waals surface area contributed by atoms with E-state index in [-0.39, 0.29) is 18.0 Å². The van der Waals surface area contributed by atoms with Crippen LogP contribution in [0.3, 0.4) is 0 Å². The van der Waals surface area contributed by atoms with Crippen LogP contribution in [0.2, 0.25) is 0 Å². The summed E-state index contributed by atoms with van der Waals surface area (Å²) in [7, 11) is 5.84. The van der Waals surface area contributed by atoms with Gasteiger partial charge in [-0.15, -0.1) is 0 Å². The summed E-state index contributed by atoms with van der Waals surface area (Å²) >= 11 is 0. The lowest BCUT2D eigenvalue weighted by molar-refractivity contribution is -0.133. The summed E-state index contributed by atoms with van der Waals surface area (Å²) in [6.07, 6.45) is 10.9. The summed E-state index contributed by atoms with van der Waals surface area (Å²) in [5.74, 6) is 1.09. The number of rotatable bonds is 5. The zero-order valence-electron chi connectivity index (χ0n) is 14.2. The molecule has 0 bridgehead atoms. The molecule has 0 saturated heterocycles. The van der Waals surface area contributed by atoms with E-state index < -0.39 is 0 Å². The van der Waals surface area contributed by atoms with Crippen molar-refractivity contribution >= 4 is 11.7 Å². The second kappa shape index (κ2) is 6.92. The van der Waals surface area contributed by atoms with Crippen LogP contribution >= 0.6 is 0 Å². The van der Waals surface area contributed by atoms with Crippen LogP contribution in [0.1, 0.15) is 20.3 Å². The van der Waals surface area contributed by atoms with Gasteiger partial charge < -0.3 is 9.80 Å². The predicted octanol–water partition coefficient (Wildman–Crippen LogP) is 1.85. The Morgan fingerprint density at radius 2 is 2.05 bits per heavy atom. The topological polar surface area (TPSA) is 39.2 Å². The average molecular weight is 302 g/mol. The minimum Gasteiger partial charge on any atom is -0.357 e. The maximum absolute atomic E-state index is 12.9. The van der Waals surface area contributed by atoms with Gasteiger partial charge in [0.25, 0.3) is 0 Å². The van der Waals surface area contributed by atoms with Gasteiger partial charge in [-0.3, -0.25) is 9.69 Å². The highest BCUT2D eigenvalue weighted by atomic mass is 16.2. The number of amides is 1. The highest BCUT2D eigenvalue weighted by Gasteiger charge is 2.30. The highest BCUT2D eigenvalue weighted by molar-refractivity contribution is 5.85. The van der Waals surface area contributed by atoms with Crippen molar-refractivity contribution in [2.75, 3.05) is 27.7 Å². The first-order valence-corrected chi connectivity index (χ1v) is 7.74. The van der Waals surface area contributed by atoms with Crippen LogP contribution in [-0.4, -0.2) is 66.2 Å². The molecule has 5 nitrogen and oxygen atoms in total. The van der Waals surface area contributed by atoms with Crippen LogP contribution in [0.15, 0.2) is 41.2 Å². The lowest BCUT2D eigenvalue weighted by Crippen LogP contribution is -2.49. The Labute approximate surface area is 133 Å². The molecular formula is C17H26N4O. The fourth-order valence-electron chi connectivity index (χ4n) is 2.76. The van der Waals surface area contributed by atoms with E-state index in [1.165, 1.54) is 0 Å². The number of hydrogen-bond acceptors (Lipinski definition) is 4. The lowest BCUT2D eigenvalue weighted by Gasteiger charge is -2.35. The molecule has 22 heavy (non-hydrogen) atoms. The van der Waals surface area contributed by atoms with E-state index in [0.29, 0.717) is 6.54 Å². The molecule has 0 fully saturated rings. The SMILES string of the molecule is CC[C@H](C(=O)N(C)C1=CN=C(C)N(C)C1)N(C)C1C=CC=C1. The molecule has 0 aromatic carbocycles. The Bertz CT molecular complexity index is 535. The standard InChI is InChI=1S/C17H26N4O/c1-6-16(20(4)14-9-7-8-10-14)17(22)21(5)15-11-18-13(2)19(3)12-15/h7-11,14,16H,6,12H2,1-5H3/t16-/m1/s1. The Hall–Kier alpha value is -1.88. The lowest BCUT2D eigenvalue weighted by atomic mass is 10.1. The fraction of sp³-hybridized carbons (Fsp3) is 0.529. The molecule has 1 aliphatic heterocycles. The van der Waals surface area contributed by atoms with Crippen molar-refractivity contribution in [1.29, 1.82) is 0 Å². The average Bonchev–Trinajstić information content (AvgIpc) is 3.04. The monoisotopic (exact) mass is 302 g/mol. The van der Waals surface area contributed by atoms with Crippen molar-refractivity contribution in [3.8, 4) is 0 Å². The van der Waals surface area contributed by atoms with Crippen LogP contribution in [0.5, 0.6) is 0 Å². The van der Waals surface area contributed by atoms with Crippen LogP contribution < -0.4 is 0 Å². The van der Waals surface area contributed by atoms with Gasteiger partial charge in [-0.25, -0.2) is 4.99 Å². The molecule has 0 spiro atoms. The first-order valence-electron chi connectivity index (χ1n) is 7.74. The summed E-state index contributed by atoms with van der Waals surface area (Å²) in [5.41, 5.74) is 0.933. The van der Waals surface area contributed by atoms with Crippen LogP contribution in [0.25, 0.3) is 0 Å². The molecule has 1 amide bonds. The van der Waals surface area contributed by atoms with Gasteiger partial charge in [0.05, 0.1) is 24.5 Å². The van der Waals surface area contributed by atoms with E-state index in [9.17, 15) is 4.79 Å². The summed E-state index contributed by atoms with van der Waals surface area (Å²) in [6, 6.07) is 0.0613. The molecule has 1 heterocycles. The van der Waals surface area contributed by atoms with Crippen molar-refractivity contribution in [2.24, 2.45) is 4.99 Å². The quantitative estimate of drug-likeness (QED) is 0.778. The number of nitrogens with zero attached hydrogens (tertiary/aromatic N) is 4. The number of likely N-dealkylation sites (N-methyl/N-ethyl adjacent to an activating group) is 3. The number of aliphatic imine (C=N–C) groups is 1. The number of hydrogen-bond donors (Lipinski definition) is 0. The molecule has 1 atom stereocenters. The summed E-state index contributed by atoms with van der Waals surface area (Å²) in [5, 5.41) is 0. The molecule has 120 valence electrons. The summed E-state index contributed by atoms with van der Waals surface area (Å²) < 4.78 is 0. The van der Waals surface area contributed by atoms with E-state index in [1.54, 1.807) is 11.1 Å². The second-order valence-electron chi connectivity index (χ2n) is 5.90. The molecule has 0 aromatic rings. The van der Waals surface area contributed by atoms with Crippen molar-refractivity contribution in [3.63, 3.8) is 0 Å². The third kappa shape index (κ3) is 3.30. The zero-order valence-corrected chi connectivity index (χ0v) is 14.2. The molecule has 2 aliphatic rings. The molecule has 0 unspecified atom stereocenters. The van der Waals surface area contributed by atoms with E-state index in [0.717, 1.165) is 18.0 Å². The van der Waals surface area contributed by atoms with Gasteiger partial charge in [0.1, 0.15) is 5.84 Å². The summed E-state index contributed by atoms with van der Waals surface area (Å²) in [4.78, 5) is 23.2. The van der Waals surface area contributed by atoms with E-state index >= 15 is 0 Å². The van der Waals surface area contributed by atoms with Gasteiger partial charge in [-0.2, -0.15) is 0 Å². The molecule has 1 aliphatic carbocycles. The number of allylic oxidation sites excluding steroid dienone is 2. The van der Waals surface area contributed by atoms with Gasteiger partial charge in [-0.05, 0) is 20.4 Å². The Morgan fingerprint density at radius 1 is 1.41 bits per heavy atom. The first-order chi connectivity index (χ1) is 10.5. The van der Waals surface area contributed by atoms with E-state index in [4.69, 9.17) is 0 Å². The van der Waals surface area contributed by atoms with E-state index in [1.807, 2.05) is 45.1 Å². The highest BCUT2D eigenvalue weighted by Crippen LogP contribution is 2.18. The number of carbonyl (C=O) groups is 1. The maximum atomic E-state index is 12.9. The Balaban J connectivity index is 2.11. The normalized spacial score (nSPS) is 19.5. The van der Waals surface area contributed by atoms with Crippen LogP contribution in [-0.2, 0) is 4.79 Å². The molecule has 0 N–H and O–H groups in total. The van der Waals surface area contributed by atoms with Crippen LogP contribution in [0, 0.1) is 0 Å². The van der Waals surface area contributed by atoms with Gasteiger partial charge in [0.2, 0.25) is 5.91 Å². The van der Waals surface area contributed by atoms with Gasteiger partial charge in [0, 0.05) is 20.1 Å². The summed E-state index contributed by atoms with van der Waals surface area (Å²) in [6.45, 7) is 4.73. The number of carbonyl (C=O) groups excluding carboxylic acids is 1. The number of amidine groups is 1. The minimum atomic E-state index is -0.138. The molecule has 0 radical (unpaired) electrons. The fourth-order valence-corrected chi connectivity index (χ4v) is 2.76. The van der Waals surface area contributed by atoms with Gasteiger partial charge >= 0.3 is 0 Å². The zero-order chi connectivity index (χ0) is 16.3. The third-order valence-corrected chi connectivity index (χ3v) is 4.47. The van der Waals surface area contributed by atoms with Crippen molar-refractivity contribution in [2.45, 2.75) is 32.4 Å². The predicted molar refractivity (Wildman–Crippen MR) is 90.5 cm³/mol. The molecule has 0 saturated carbocycles.